The number of halogens is 2. The number of primary amides is 1. The molecular weight excluding hydrogens is 545 g/mol. The third kappa shape index (κ3) is 6.75. The first kappa shape index (κ1) is 28.3. The van der Waals surface area contributed by atoms with Crippen molar-refractivity contribution in [2.75, 3.05) is 23.7 Å². The first-order valence-corrected chi connectivity index (χ1v) is 13.8. The van der Waals surface area contributed by atoms with Gasteiger partial charge in [-0.25, -0.2) is 9.18 Å². The number of fused-ring (bicyclic) bond motifs is 2. The van der Waals surface area contributed by atoms with E-state index in [0.717, 1.165) is 43.6 Å². The second kappa shape index (κ2) is 12.1. The van der Waals surface area contributed by atoms with Crippen LogP contribution < -0.4 is 16.4 Å². The van der Waals surface area contributed by atoms with Crippen LogP contribution in [0.2, 0.25) is 5.02 Å². The maximum absolute atomic E-state index is 13.5. The number of likely N-dealkylation sites (tertiary alicyclic amines) is 1. The molecule has 0 aromatic heterocycles. The van der Waals surface area contributed by atoms with E-state index >= 15 is 0 Å². The van der Waals surface area contributed by atoms with Crippen molar-refractivity contribution in [2.24, 2.45) is 5.73 Å². The molecule has 0 radical (unpaired) electrons. The number of benzene rings is 3. The summed E-state index contributed by atoms with van der Waals surface area (Å²) in [4.78, 5) is 41.0. The molecule has 3 aromatic carbocycles. The molecule has 2 heterocycles. The first-order valence-electron chi connectivity index (χ1n) is 13.4. The lowest BCUT2D eigenvalue weighted by atomic mass is 10.0. The van der Waals surface area contributed by atoms with Gasteiger partial charge in [-0.2, -0.15) is 0 Å². The third-order valence-electron chi connectivity index (χ3n) is 7.43. The summed E-state index contributed by atoms with van der Waals surface area (Å²) in [5.74, 6) is -0.603. The Labute approximate surface area is 243 Å². The lowest BCUT2D eigenvalue weighted by molar-refractivity contribution is -0.131. The van der Waals surface area contributed by atoms with Gasteiger partial charge in [-0.15, -0.1) is 0 Å². The Hall–Kier alpha value is -4.21. The normalized spacial score (nSPS) is 18.5. The van der Waals surface area contributed by atoms with Crippen molar-refractivity contribution in [1.29, 1.82) is 0 Å². The highest BCUT2D eigenvalue weighted by atomic mass is 35.5. The van der Waals surface area contributed by atoms with Crippen molar-refractivity contribution in [3.8, 4) is 11.1 Å². The van der Waals surface area contributed by atoms with E-state index in [9.17, 15) is 18.8 Å². The molecule has 8 nitrogen and oxygen atoms in total. The Morgan fingerprint density at radius 3 is 2.39 bits per heavy atom. The summed E-state index contributed by atoms with van der Waals surface area (Å²) in [6.07, 6.45) is 5.11. The standard InChI is InChI=1S/C31H31ClFN5O3/c1-19(39)35-29-15-28(32)27(21-3-2-4-24(13-21)36-31(34)41)14-22(29)7-12-30(40)38-25-10-11-26(38)18-37(17-25)16-20-5-8-23(33)9-6-20/h2-9,12-15,25-26H,10-11,16-18H2,1H3,(H,35,39)(H3,34,36,41). The molecule has 212 valence electrons. The maximum Gasteiger partial charge on any atom is 0.316 e. The Bertz CT molecular complexity index is 1500. The van der Waals surface area contributed by atoms with Gasteiger partial charge < -0.3 is 21.3 Å². The van der Waals surface area contributed by atoms with Crippen molar-refractivity contribution >= 4 is 46.9 Å². The van der Waals surface area contributed by atoms with Crippen LogP contribution in [0.25, 0.3) is 17.2 Å². The minimum atomic E-state index is -0.679. The number of carbonyl (C=O) groups is 3. The Morgan fingerprint density at radius 2 is 1.73 bits per heavy atom. The Kier molecular flexibility index (Phi) is 8.37. The van der Waals surface area contributed by atoms with Gasteiger partial charge in [0.1, 0.15) is 5.82 Å². The van der Waals surface area contributed by atoms with Gasteiger partial charge in [0.25, 0.3) is 0 Å². The number of hydrogen-bond acceptors (Lipinski definition) is 4. The molecule has 10 heteroatoms. The van der Waals surface area contributed by atoms with Gasteiger partial charge in [-0.3, -0.25) is 14.5 Å². The van der Waals surface area contributed by atoms with Crippen LogP contribution in [-0.2, 0) is 16.1 Å². The number of hydrogen-bond donors (Lipinski definition) is 3. The van der Waals surface area contributed by atoms with Crippen molar-refractivity contribution in [1.82, 2.24) is 9.80 Å². The number of carbonyl (C=O) groups excluding carboxylic acids is 3. The second-order valence-corrected chi connectivity index (χ2v) is 10.9. The number of rotatable bonds is 7. The zero-order chi connectivity index (χ0) is 29.1. The fourth-order valence-corrected chi connectivity index (χ4v) is 6.00. The molecule has 2 bridgehead atoms. The van der Waals surface area contributed by atoms with Crippen LogP contribution in [-0.4, -0.2) is 52.8 Å². The molecule has 2 saturated heterocycles. The lowest BCUT2D eigenvalue weighted by Gasteiger charge is -2.40. The molecule has 2 atom stereocenters. The van der Waals surface area contributed by atoms with Crippen LogP contribution in [0.3, 0.4) is 0 Å². The zero-order valence-corrected chi connectivity index (χ0v) is 23.3. The molecule has 41 heavy (non-hydrogen) atoms. The average Bonchev–Trinajstić information content (AvgIpc) is 3.19. The summed E-state index contributed by atoms with van der Waals surface area (Å²) in [6.45, 7) is 3.63. The lowest BCUT2D eigenvalue weighted by Crippen LogP contribution is -2.55. The van der Waals surface area contributed by atoms with Crippen LogP contribution in [0, 0.1) is 5.82 Å². The van der Waals surface area contributed by atoms with Crippen molar-refractivity contribution in [2.45, 2.75) is 38.4 Å². The molecule has 2 aliphatic heterocycles. The highest BCUT2D eigenvalue weighted by Crippen LogP contribution is 2.36. The maximum atomic E-state index is 13.5. The fourth-order valence-electron chi connectivity index (χ4n) is 5.73. The Morgan fingerprint density at radius 1 is 1.02 bits per heavy atom. The van der Waals surface area contributed by atoms with Gasteiger partial charge in [0.05, 0.1) is 5.02 Å². The number of nitrogens with two attached hydrogens (primary N) is 1. The summed E-state index contributed by atoms with van der Waals surface area (Å²) in [5.41, 5.74) is 9.30. The molecule has 2 aliphatic rings. The van der Waals surface area contributed by atoms with E-state index in [0.29, 0.717) is 27.5 Å². The molecule has 5 rings (SSSR count). The van der Waals surface area contributed by atoms with Crippen LogP contribution in [0.4, 0.5) is 20.6 Å². The summed E-state index contributed by atoms with van der Waals surface area (Å²) >= 11 is 6.60. The number of nitrogens with one attached hydrogen (secondary N) is 2. The minimum absolute atomic E-state index is 0.0862. The first-order chi connectivity index (χ1) is 19.7. The zero-order valence-electron chi connectivity index (χ0n) is 22.6. The van der Waals surface area contributed by atoms with Gasteiger partial charge >= 0.3 is 6.03 Å². The van der Waals surface area contributed by atoms with E-state index in [2.05, 4.69) is 15.5 Å². The molecule has 2 unspecified atom stereocenters. The van der Waals surface area contributed by atoms with Crippen LogP contribution in [0.15, 0.2) is 66.7 Å². The fraction of sp³-hybridized carbons (Fsp3) is 0.258. The molecule has 4 amide bonds. The van der Waals surface area contributed by atoms with E-state index in [4.69, 9.17) is 17.3 Å². The number of urea groups is 1. The van der Waals surface area contributed by atoms with Gasteiger partial charge in [0.15, 0.2) is 0 Å². The van der Waals surface area contributed by atoms with Crippen molar-refractivity contribution in [3.05, 3.63) is 88.7 Å². The summed E-state index contributed by atoms with van der Waals surface area (Å²) in [7, 11) is 0. The minimum Gasteiger partial charge on any atom is -0.351 e. The summed E-state index contributed by atoms with van der Waals surface area (Å²) < 4.78 is 13.3. The van der Waals surface area contributed by atoms with E-state index in [1.807, 2.05) is 11.0 Å². The van der Waals surface area contributed by atoms with Crippen molar-refractivity contribution < 1.29 is 18.8 Å². The van der Waals surface area contributed by atoms with E-state index < -0.39 is 6.03 Å². The predicted molar refractivity (Wildman–Crippen MR) is 159 cm³/mol. The Balaban J connectivity index is 1.36. The number of piperazine rings is 1. The van der Waals surface area contributed by atoms with Crippen molar-refractivity contribution in [3.63, 3.8) is 0 Å². The second-order valence-electron chi connectivity index (χ2n) is 10.5. The van der Waals surface area contributed by atoms with Gasteiger partial charge in [0, 0.05) is 61.7 Å². The quantitative estimate of drug-likeness (QED) is 0.324. The molecule has 4 N–H and O–H groups in total. The van der Waals surface area contributed by atoms with Gasteiger partial charge in [-0.05, 0) is 72.0 Å². The number of amides is 4. The summed E-state index contributed by atoms with van der Waals surface area (Å²) in [5, 5.41) is 5.74. The largest absolute Gasteiger partial charge is 0.351 e. The molecule has 0 aliphatic carbocycles. The SMILES string of the molecule is CC(=O)Nc1cc(Cl)c(-c2cccc(NC(N)=O)c2)cc1C=CC(=O)N1C2CCC1CN(Cc1ccc(F)cc1)C2. The topological polar surface area (TPSA) is 108 Å². The van der Waals surface area contributed by atoms with Gasteiger partial charge in [-0.1, -0.05) is 35.9 Å². The highest BCUT2D eigenvalue weighted by molar-refractivity contribution is 6.34. The third-order valence-corrected chi connectivity index (χ3v) is 7.74. The highest BCUT2D eigenvalue weighted by Gasteiger charge is 2.41. The van der Waals surface area contributed by atoms with Crippen LogP contribution in [0.5, 0.6) is 0 Å². The van der Waals surface area contributed by atoms with E-state index in [1.54, 1.807) is 54.6 Å². The van der Waals surface area contributed by atoms with E-state index in [-0.39, 0.29) is 29.7 Å². The number of anilines is 2. The van der Waals surface area contributed by atoms with Crippen LogP contribution in [0.1, 0.15) is 30.9 Å². The summed E-state index contributed by atoms with van der Waals surface area (Å²) in [6, 6.07) is 16.6. The molecule has 2 fully saturated rings. The molecule has 0 saturated carbocycles. The average molecular weight is 576 g/mol. The monoisotopic (exact) mass is 575 g/mol. The molecule has 0 spiro atoms. The van der Waals surface area contributed by atoms with E-state index in [1.165, 1.54) is 19.1 Å². The predicted octanol–water partition coefficient (Wildman–Crippen LogP) is 5.48. The molecule has 3 aromatic rings. The van der Waals surface area contributed by atoms with Crippen LogP contribution >= 0.6 is 11.6 Å². The number of nitrogens with zero attached hydrogens (tertiary/aromatic N) is 2. The van der Waals surface area contributed by atoms with Gasteiger partial charge in [0.2, 0.25) is 11.8 Å². The molecular formula is C31H31ClFN5O3. The smallest absolute Gasteiger partial charge is 0.316 e.